The van der Waals surface area contributed by atoms with E-state index in [9.17, 15) is 4.79 Å². The molecule has 1 aromatic heterocycles. The summed E-state index contributed by atoms with van der Waals surface area (Å²) in [6, 6.07) is 6.15. The molecule has 8 heteroatoms. The molecule has 0 amide bonds. The minimum Gasteiger partial charge on any atom is -0.480 e. The van der Waals surface area contributed by atoms with Crippen LogP contribution in [0, 0.1) is 0 Å². The molecule has 20 heavy (non-hydrogen) atoms. The lowest BCUT2D eigenvalue weighted by atomic mass is 10.5. The smallest absolute Gasteiger partial charge is 0.480 e. The van der Waals surface area contributed by atoms with E-state index in [0.29, 0.717) is 6.04 Å². The van der Waals surface area contributed by atoms with Crippen molar-refractivity contribution in [1.29, 1.82) is 0 Å². The molecule has 0 atom stereocenters. The Morgan fingerprint density at radius 1 is 1.10 bits per heavy atom. The van der Waals surface area contributed by atoms with Crippen LogP contribution in [0.25, 0.3) is 0 Å². The SMILES string of the molecule is CO[Si](CCOCC(=O)O)(OC)OC.c1ccncc1. The van der Waals surface area contributed by atoms with Crippen molar-refractivity contribution < 1.29 is 27.9 Å². The molecule has 0 aliphatic carbocycles. The van der Waals surface area contributed by atoms with Crippen molar-refractivity contribution in [3.8, 4) is 0 Å². The Balaban J connectivity index is 0.000000493. The predicted molar refractivity (Wildman–Crippen MR) is 74.3 cm³/mol. The van der Waals surface area contributed by atoms with Gasteiger partial charge in [0.1, 0.15) is 6.61 Å². The molecule has 1 N–H and O–H groups in total. The van der Waals surface area contributed by atoms with Crippen LogP contribution in [0.1, 0.15) is 0 Å². The molecule has 0 aliphatic heterocycles. The highest BCUT2D eigenvalue weighted by Gasteiger charge is 2.37. The minimum atomic E-state index is -2.61. The molecule has 0 aromatic carbocycles. The Kier molecular flexibility index (Phi) is 10.7. The molecule has 0 unspecified atom stereocenters. The Morgan fingerprint density at radius 3 is 1.95 bits per heavy atom. The van der Waals surface area contributed by atoms with Crippen LogP contribution in [0.3, 0.4) is 0 Å². The number of aromatic nitrogens is 1. The molecule has 0 saturated heterocycles. The van der Waals surface area contributed by atoms with Gasteiger partial charge in [0.15, 0.2) is 0 Å². The fourth-order valence-electron chi connectivity index (χ4n) is 1.23. The van der Waals surface area contributed by atoms with E-state index < -0.39 is 14.8 Å². The number of hydrogen-bond donors (Lipinski definition) is 1. The van der Waals surface area contributed by atoms with Gasteiger partial charge in [-0.3, -0.25) is 4.98 Å². The first-order chi connectivity index (χ1) is 9.60. The molecule has 1 heterocycles. The van der Waals surface area contributed by atoms with Crippen LogP contribution in [0.2, 0.25) is 6.04 Å². The normalized spacial score (nSPS) is 10.6. The summed E-state index contributed by atoms with van der Waals surface area (Å²) in [6.07, 6.45) is 3.50. The molecule has 0 fully saturated rings. The zero-order chi connectivity index (χ0) is 15.3. The summed E-state index contributed by atoms with van der Waals surface area (Å²) in [7, 11) is 1.88. The van der Waals surface area contributed by atoms with Gasteiger partial charge in [-0.2, -0.15) is 0 Å². The average molecular weight is 303 g/mol. The van der Waals surface area contributed by atoms with Gasteiger partial charge in [0.05, 0.1) is 6.61 Å². The van der Waals surface area contributed by atoms with Crippen molar-refractivity contribution in [2.75, 3.05) is 34.5 Å². The van der Waals surface area contributed by atoms with Gasteiger partial charge in [0.2, 0.25) is 0 Å². The highest BCUT2D eigenvalue weighted by atomic mass is 28.4. The van der Waals surface area contributed by atoms with E-state index in [4.69, 9.17) is 23.1 Å². The Bertz CT molecular complexity index is 312. The maximum atomic E-state index is 10.1. The maximum absolute atomic E-state index is 10.1. The van der Waals surface area contributed by atoms with E-state index in [1.807, 2.05) is 18.2 Å². The van der Waals surface area contributed by atoms with E-state index in [2.05, 4.69) is 4.98 Å². The van der Waals surface area contributed by atoms with Gasteiger partial charge in [0, 0.05) is 39.8 Å². The summed E-state index contributed by atoms with van der Waals surface area (Å²) in [6.45, 7) is -0.0737. The molecule has 7 nitrogen and oxygen atoms in total. The van der Waals surface area contributed by atoms with Crippen molar-refractivity contribution >= 4 is 14.8 Å². The number of carboxylic acids is 1. The quantitative estimate of drug-likeness (QED) is 0.567. The first-order valence-electron chi connectivity index (χ1n) is 5.90. The van der Waals surface area contributed by atoms with Gasteiger partial charge in [-0.05, 0) is 12.1 Å². The van der Waals surface area contributed by atoms with E-state index in [0.717, 1.165) is 0 Å². The molecule has 0 saturated carbocycles. The van der Waals surface area contributed by atoms with Crippen LogP contribution in [0.4, 0.5) is 0 Å². The molecule has 0 aliphatic rings. The van der Waals surface area contributed by atoms with Crippen molar-refractivity contribution in [2.24, 2.45) is 0 Å². The van der Waals surface area contributed by atoms with Gasteiger partial charge in [-0.25, -0.2) is 4.79 Å². The lowest BCUT2D eigenvalue weighted by Gasteiger charge is -2.23. The molecule has 0 spiro atoms. The highest BCUT2D eigenvalue weighted by Crippen LogP contribution is 2.11. The summed E-state index contributed by atoms with van der Waals surface area (Å²) < 4.78 is 20.2. The number of carbonyl (C=O) groups is 1. The zero-order valence-electron chi connectivity index (χ0n) is 11.9. The van der Waals surface area contributed by atoms with Crippen LogP contribution in [-0.4, -0.2) is 59.4 Å². The summed E-state index contributed by atoms with van der Waals surface area (Å²) >= 11 is 0. The highest BCUT2D eigenvalue weighted by molar-refractivity contribution is 6.60. The molecular formula is C12H21NO6Si. The van der Waals surface area contributed by atoms with Crippen LogP contribution in [0.5, 0.6) is 0 Å². The number of hydrogen-bond acceptors (Lipinski definition) is 6. The third-order valence-corrected chi connectivity index (χ3v) is 4.96. The van der Waals surface area contributed by atoms with E-state index >= 15 is 0 Å². The number of carboxylic acid groups (broad SMARTS) is 1. The van der Waals surface area contributed by atoms with Gasteiger partial charge < -0.3 is 23.1 Å². The molecule has 114 valence electrons. The lowest BCUT2D eigenvalue weighted by Crippen LogP contribution is -2.43. The summed E-state index contributed by atoms with van der Waals surface area (Å²) in [5.41, 5.74) is 0. The Hall–Kier alpha value is -1.32. The number of pyridine rings is 1. The monoisotopic (exact) mass is 303 g/mol. The molecule has 1 aromatic rings. The lowest BCUT2D eigenvalue weighted by molar-refractivity contribution is -0.142. The zero-order valence-corrected chi connectivity index (χ0v) is 12.9. The van der Waals surface area contributed by atoms with Crippen LogP contribution in [0.15, 0.2) is 30.6 Å². The molecule has 0 radical (unpaired) electrons. The summed E-state index contributed by atoms with van der Waals surface area (Å²) in [5.74, 6) is -0.996. The third-order valence-electron chi connectivity index (χ3n) is 2.28. The molecular weight excluding hydrogens is 282 g/mol. The second-order valence-corrected chi connectivity index (χ2v) is 6.61. The van der Waals surface area contributed by atoms with Crippen molar-refractivity contribution in [3.05, 3.63) is 30.6 Å². The van der Waals surface area contributed by atoms with E-state index in [1.165, 1.54) is 21.3 Å². The standard InChI is InChI=1S/C7H16O6Si.C5H5N/c1-10-14(11-2,12-3)5-4-13-6-7(8)9;1-2-4-6-5-3-1/h4-6H2,1-3H3,(H,8,9);1-5H. The number of rotatable bonds is 8. The summed E-state index contributed by atoms with van der Waals surface area (Å²) in [5, 5.41) is 8.31. The second-order valence-electron chi connectivity index (χ2n) is 3.52. The van der Waals surface area contributed by atoms with Gasteiger partial charge in [-0.15, -0.1) is 0 Å². The van der Waals surface area contributed by atoms with Crippen molar-refractivity contribution in [1.82, 2.24) is 4.98 Å². The molecule has 0 bridgehead atoms. The number of ether oxygens (including phenoxy) is 1. The average Bonchev–Trinajstić information content (AvgIpc) is 2.50. The maximum Gasteiger partial charge on any atom is 0.502 e. The van der Waals surface area contributed by atoms with Crippen LogP contribution < -0.4 is 0 Å². The van der Waals surface area contributed by atoms with Crippen LogP contribution in [-0.2, 0) is 22.8 Å². The van der Waals surface area contributed by atoms with E-state index in [-0.39, 0.29) is 13.2 Å². The van der Waals surface area contributed by atoms with E-state index in [1.54, 1.807) is 12.4 Å². The molecule has 1 rings (SSSR count). The largest absolute Gasteiger partial charge is 0.502 e. The van der Waals surface area contributed by atoms with Crippen LogP contribution >= 0.6 is 0 Å². The first-order valence-corrected chi connectivity index (χ1v) is 7.83. The predicted octanol–water partition coefficient (Wildman–Crippen LogP) is 1.05. The van der Waals surface area contributed by atoms with Gasteiger partial charge in [-0.1, -0.05) is 6.07 Å². The minimum absolute atomic E-state index is 0.244. The van der Waals surface area contributed by atoms with Crippen molar-refractivity contribution in [3.63, 3.8) is 0 Å². The fraction of sp³-hybridized carbons (Fsp3) is 0.500. The van der Waals surface area contributed by atoms with Crippen molar-refractivity contribution in [2.45, 2.75) is 6.04 Å². The number of nitrogens with zero attached hydrogens (tertiary/aromatic N) is 1. The third kappa shape index (κ3) is 8.72. The Labute approximate surface area is 119 Å². The summed E-state index contributed by atoms with van der Waals surface area (Å²) in [4.78, 5) is 13.9. The topological polar surface area (TPSA) is 87.1 Å². The van der Waals surface area contributed by atoms with Gasteiger partial charge >= 0.3 is 14.8 Å². The first kappa shape index (κ1) is 18.7. The fourth-order valence-corrected chi connectivity index (χ4v) is 2.73. The Morgan fingerprint density at radius 2 is 1.65 bits per heavy atom. The second kappa shape index (κ2) is 11.5. The van der Waals surface area contributed by atoms with Gasteiger partial charge in [0.25, 0.3) is 0 Å². The number of aliphatic carboxylic acids is 1.